The number of aromatic hydroxyl groups is 1. The number of para-hydroxylation sites is 1. The zero-order chi connectivity index (χ0) is 12.3. The van der Waals surface area contributed by atoms with Crippen LogP contribution in [0.2, 0.25) is 0 Å². The molecular weight excluding hydrogens is 223 g/mol. The zero-order valence-electron chi connectivity index (χ0n) is 8.76. The van der Waals surface area contributed by atoms with Crippen LogP contribution in [0.5, 0.6) is 5.75 Å². The normalized spacial score (nSPS) is 10.9. The summed E-state index contributed by atoms with van der Waals surface area (Å²) in [5, 5.41) is 9.37. The van der Waals surface area contributed by atoms with Gasteiger partial charge in [-0.25, -0.2) is 4.39 Å². The predicted octanol–water partition coefficient (Wildman–Crippen LogP) is 3.02. The van der Waals surface area contributed by atoms with E-state index in [1.165, 1.54) is 30.5 Å². The Morgan fingerprint density at radius 2 is 2.12 bits per heavy atom. The Morgan fingerprint density at radius 3 is 2.82 bits per heavy atom. The van der Waals surface area contributed by atoms with Gasteiger partial charge in [-0.1, -0.05) is 6.07 Å². The van der Waals surface area contributed by atoms with Crippen LogP contribution in [0.3, 0.4) is 0 Å². The van der Waals surface area contributed by atoms with Crippen LogP contribution in [0.25, 0.3) is 6.08 Å². The van der Waals surface area contributed by atoms with Crippen LogP contribution in [0, 0.1) is 5.82 Å². The smallest absolute Gasteiger partial charge is 0.189 e. The summed E-state index contributed by atoms with van der Waals surface area (Å²) in [6.07, 6.45) is 4.14. The lowest BCUT2D eigenvalue weighted by Gasteiger charge is -2.00. The van der Waals surface area contributed by atoms with Crippen molar-refractivity contribution in [2.45, 2.75) is 0 Å². The molecule has 3 nitrogen and oxygen atoms in total. The van der Waals surface area contributed by atoms with Gasteiger partial charge in [0.1, 0.15) is 5.76 Å². The highest BCUT2D eigenvalue weighted by Gasteiger charge is 2.11. The number of ketones is 1. The van der Waals surface area contributed by atoms with Crippen molar-refractivity contribution >= 4 is 11.9 Å². The second-order valence-corrected chi connectivity index (χ2v) is 3.35. The third-order valence-electron chi connectivity index (χ3n) is 2.19. The number of rotatable bonds is 3. The third kappa shape index (κ3) is 2.42. The zero-order valence-corrected chi connectivity index (χ0v) is 8.76. The first kappa shape index (κ1) is 11.1. The van der Waals surface area contributed by atoms with E-state index in [2.05, 4.69) is 0 Å². The number of hydrogen-bond acceptors (Lipinski definition) is 3. The molecule has 4 heteroatoms. The summed E-state index contributed by atoms with van der Waals surface area (Å²) in [5.41, 5.74) is -0.0761. The number of phenolic OH excluding ortho intramolecular Hbond substituents is 1. The maximum absolute atomic E-state index is 13.0. The van der Waals surface area contributed by atoms with Crippen molar-refractivity contribution < 1.29 is 18.7 Å². The third-order valence-corrected chi connectivity index (χ3v) is 2.19. The van der Waals surface area contributed by atoms with E-state index in [9.17, 15) is 14.3 Å². The summed E-state index contributed by atoms with van der Waals surface area (Å²) in [5.74, 6) is -1.43. The summed E-state index contributed by atoms with van der Waals surface area (Å²) in [6, 6.07) is 7.16. The fraction of sp³-hybridized carbons (Fsp3) is 0. The number of furan rings is 1. The van der Waals surface area contributed by atoms with Crippen molar-refractivity contribution in [2.24, 2.45) is 0 Å². The number of benzene rings is 1. The van der Waals surface area contributed by atoms with Crippen LogP contribution in [0.15, 0.2) is 47.1 Å². The summed E-state index contributed by atoms with van der Waals surface area (Å²) in [7, 11) is 0. The molecule has 0 aliphatic carbocycles. The average molecular weight is 232 g/mol. The highest BCUT2D eigenvalue weighted by atomic mass is 19.1. The largest absolute Gasteiger partial charge is 0.504 e. The lowest BCUT2D eigenvalue weighted by Crippen LogP contribution is -1.96. The van der Waals surface area contributed by atoms with Crippen molar-refractivity contribution in [3.8, 4) is 5.75 Å². The first-order chi connectivity index (χ1) is 8.18. The Kier molecular flexibility index (Phi) is 3.05. The van der Waals surface area contributed by atoms with Crippen molar-refractivity contribution in [1.29, 1.82) is 0 Å². The maximum Gasteiger partial charge on any atom is 0.189 e. The summed E-state index contributed by atoms with van der Waals surface area (Å²) in [4.78, 5) is 11.7. The van der Waals surface area contributed by atoms with Gasteiger partial charge in [-0.2, -0.15) is 0 Å². The molecule has 0 amide bonds. The second-order valence-electron chi connectivity index (χ2n) is 3.35. The predicted molar refractivity (Wildman–Crippen MR) is 60.1 cm³/mol. The molecule has 1 N–H and O–H groups in total. The molecule has 0 saturated carbocycles. The number of carbonyl (C=O) groups is 1. The molecule has 17 heavy (non-hydrogen) atoms. The quantitative estimate of drug-likeness (QED) is 0.653. The Hall–Kier alpha value is -2.36. The maximum atomic E-state index is 13.0. The van der Waals surface area contributed by atoms with Crippen LogP contribution in [-0.2, 0) is 0 Å². The van der Waals surface area contributed by atoms with Crippen LogP contribution in [0.4, 0.5) is 4.39 Å². The molecule has 2 rings (SSSR count). The number of halogens is 1. The molecule has 0 radical (unpaired) electrons. The molecule has 0 atom stereocenters. The summed E-state index contributed by atoms with van der Waals surface area (Å²) >= 11 is 0. The molecule has 2 aromatic rings. The molecule has 1 aromatic heterocycles. The van der Waals surface area contributed by atoms with Crippen LogP contribution in [-0.4, -0.2) is 10.9 Å². The first-order valence-electron chi connectivity index (χ1n) is 4.92. The van der Waals surface area contributed by atoms with E-state index in [-0.39, 0.29) is 5.56 Å². The lowest BCUT2D eigenvalue weighted by molar-refractivity contribution is 0.104. The van der Waals surface area contributed by atoms with Gasteiger partial charge >= 0.3 is 0 Å². The molecule has 86 valence electrons. The van der Waals surface area contributed by atoms with E-state index in [4.69, 9.17) is 4.42 Å². The molecule has 0 aliphatic heterocycles. The molecule has 1 heterocycles. The molecule has 0 unspecified atom stereocenters. The van der Waals surface area contributed by atoms with Gasteiger partial charge in [-0.05, 0) is 36.4 Å². The van der Waals surface area contributed by atoms with E-state index < -0.39 is 17.3 Å². The second kappa shape index (κ2) is 4.65. The SMILES string of the molecule is O=C(/C=C\c1ccco1)c1cccc(F)c1O. The van der Waals surface area contributed by atoms with E-state index in [0.717, 1.165) is 6.07 Å². The molecule has 0 fully saturated rings. The lowest BCUT2D eigenvalue weighted by atomic mass is 10.1. The van der Waals surface area contributed by atoms with Gasteiger partial charge in [0.2, 0.25) is 0 Å². The number of allylic oxidation sites excluding steroid dienone is 1. The molecule has 0 saturated heterocycles. The van der Waals surface area contributed by atoms with E-state index in [1.54, 1.807) is 12.1 Å². The Balaban J connectivity index is 2.23. The molecule has 1 aromatic carbocycles. The summed E-state index contributed by atoms with van der Waals surface area (Å²) in [6.45, 7) is 0. The van der Waals surface area contributed by atoms with Gasteiger partial charge in [-0.15, -0.1) is 0 Å². The fourth-order valence-corrected chi connectivity index (χ4v) is 1.35. The monoisotopic (exact) mass is 232 g/mol. The van der Waals surface area contributed by atoms with Crippen LogP contribution in [0.1, 0.15) is 16.1 Å². The van der Waals surface area contributed by atoms with Gasteiger partial charge in [0.15, 0.2) is 17.3 Å². The average Bonchev–Trinajstić information content (AvgIpc) is 2.82. The molecule has 0 aliphatic rings. The van der Waals surface area contributed by atoms with Gasteiger partial charge in [0.05, 0.1) is 11.8 Å². The van der Waals surface area contributed by atoms with E-state index in [0.29, 0.717) is 5.76 Å². The Bertz CT molecular complexity index is 556. The minimum atomic E-state index is -0.817. The summed E-state index contributed by atoms with van der Waals surface area (Å²) < 4.78 is 18.0. The van der Waals surface area contributed by atoms with Crippen molar-refractivity contribution in [1.82, 2.24) is 0 Å². The highest BCUT2D eigenvalue weighted by molar-refractivity contribution is 6.08. The number of hydrogen-bond donors (Lipinski definition) is 1. The van der Waals surface area contributed by atoms with Crippen LogP contribution >= 0.6 is 0 Å². The topological polar surface area (TPSA) is 50.4 Å². The van der Waals surface area contributed by atoms with Gasteiger partial charge in [0.25, 0.3) is 0 Å². The molecule has 0 spiro atoms. The fourth-order valence-electron chi connectivity index (χ4n) is 1.35. The molecule has 0 bridgehead atoms. The molecular formula is C13H9FO3. The highest BCUT2D eigenvalue weighted by Crippen LogP contribution is 2.21. The minimum absolute atomic E-state index is 0.0761. The standard InChI is InChI=1S/C13H9FO3/c14-11-5-1-4-10(13(11)16)12(15)7-6-9-3-2-8-17-9/h1-8,16H/b7-6-. The Morgan fingerprint density at radius 1 is 1.29 bits per heavy atom. The van der Waals surface area contributed by atoms with Crippen molar-refractivity contribution in [2.75, 3.05) is 0 Å². The van der Waals surface area contributed by atoms with Gasteiger partial charge in [-0.3, -0.25) is 4.79 Å². The minimum Gasteiger partial charge on any atom is -0.504 e. The van der Waals surface area contributed by atoms with Gasteiger partial charge in [0, 0.05) is 0 Å². The number of phenols is 1. The van der Waals surface area contributed by atoms with Crippen molar-refractivity contribution in [3.05, 3.63) is 59.8 Å². The van der Waals surface area contributed by atoms with E-state index in [1.807, 2.05) is 0 Å². The van der Waals surface area contributed by atoms with Crippen molar-refractivity contribution in [3.63, 3.8) is 0 Å². The Labute approximate surface area is 96.8 Å². The van der Waals surface area contributed by atoms with Crippen LogP contribution < -0.4 is 0 Å². The van der Waals surface area contributed by atoms with E-state index >= 15 is 0 Å². The number of carbonyl (C=O) groups excluding carboxylic acids is 1. The van der Waals surface area contributed by atoms with Gasteiger partial charge < -0.3 is 9.52 Å². The first-order valence-corrected chi connectivity index (χ1v) is 4.92.